The number of aliphatic hydroxyl groups excluding tert-OH is 2. The molecule has 3 aromatic carbocycles. The van der Waals surface area contributed by atoms with Crippen LogP contribution in [-0.2, 0) is 0 Å². The van der Waals surface area contributed by atoms with E-state index in [0.29, 0.717) is 11.8 Å². The van der Waals surface area contributed by atoms with Gasteiger partial charge in [-0.1, -0.05) is 64.1 Å². The molecule has 0 saturated heterocycles. The molecule has 37 heavy (non-hydrogen) atoms. The van der Waals surface area contributed by atoms with E-state index in [2.05, 4.69) is 32.6 Å². The fraction of sp³-hybridized carbons (Fsp3) is 0.419. The molecule has 6 nitrogen and oxygen atoms in total. The summed E-state index contributed by atoms with van der Waals surface area (Å²) in [5.74, 6) is -0.286. The molecular weight excluding hydrogens is 464 g/mol. The van der Waals surface area contributed by atoms with Crippen molar-refractivity contribution in [2.75, 3.05) is 22.9 Å². The van der Waals surface area contributed by atoms with Gasteiger partial charge in [-0.25, -0.2) is 0 Å². The van der Waals surface area contributed by atoms with Gasteiger partial charge >= 0.3 is 0 Å². The van der Waals surface area contributed by atoms with Crippen LogP contribution in [0.2, 0.25) is 0 Å². The molecule has 0 aliphatic heterocycles. The van der Waals surface area contributed by atoms with Gasteiger partial charge in [-0.3, -0.25) is 0 Å². The highest BCUT2D eigenvalue weighted by molar-refractivity contribution is 5.69. The van der Waals surface area contributed by atoms with Gasteiger partial charge in [0, 0.05) is 53.8 Å². The summed E-state index contributed by atoms with van der Waals surface area (Å²) < 4.78 is 0. The predicted octanol–water partition coefficient (Wildman–Crippen LogP) is 5.63. The molecular formula is C31H40N2O4. The number of hydrogen-bond acceptors (Lipinski definition) is 6. The lowest BCUT2D eigenvalue weighted by Crippen LogP contribution is -2.73. The van der Waals surface area contributed by atoms with Crippen molar-refractivity contribution in [2.45, 2.75) is 58.3 Å². The molecule has 198 valence electrons. The Morgan fingerprint density at radius 3 is 1.49 bits per heavy atom. The average molecular weight is 505 g/mol. The Hall–Kier alpha value is -3.22. The standard InChI is InChI=1S/C31H40N2O4/c1-20(2)18-32(19-21(3)4)24-16-25(34)27(26(35)17-24)28-29(36)31(5,30(28)37)33(22-12-8-6-9-13-22)23-14-10-7-11-15-23/h6-17,20-21,28-30,34-37H,18-19H2,1-5H3. The average Bonchev–Trinajstić information content (AvgIpc) is 2.86. The third kappa shape index (κ3) is 5.00. The molecule has 1 fully saturated rings. The summed E-state index contributed by atoms with van der Waals surface area (Å²) in [6.07, 6.45) is -2.12. The van der Waals surface area contributed by atoms with Gasteiger partial charge in [-0.05, 0) is 43.0 Å². The van der Waals surface area contributed by atoms with Crippen molar-refractivity contribution in [1.82, 2.24) is 0 Å². The summed E-state index contributed by atoms with van der Waals surface area (Å²) in [5.41, 5.74) is 1.47. The fourth-order valence-electron chi connectivity index (χ4n) is 5.70. The molecule has 0 spiro atoms. The van der Waals surface area contributed by atoms with Crippen molar-refractivity contribution < 1.29 is 20.4 Å². The van der Waals surface area contributed by atoms with E-state index in [1.54, 1.807) is 12.1 Å². The molecule has 4 N–H and O–H groups in total. The number of para-hydroxylation sites is 2. The Kier molecular flexibility index (Phi) is 7.72. The second-order valence-electron chi connectivity index (χ2n) is 11.2. The molecule has 1 aliphatic carbocycles. The maximum atomic E-state index is 11.6. The molecule has 2 unspecified atom stereocenters. The molecule has 0 heterocycles. The first-order valence-corrected chi connectivity index (χ1v) is 13.1. The van der Waals surface area contributed by atoms with Crippen LogP contribution in [0.15, 0.2) is 72.8 Å². The first-order valence-electron chi connectivity index (χ1n) is 13.1. The summed E-state index contributed by atoms with van der Waals surface area (Å²) in [6.45, 7) is 11.9. The number of phenols is 2. The molecule has 0 aromatic heterocycles. The number of aromatic hydroxyl groups is 2. The summed E-state index contributed by atoms with van der Waals surface area (Å²) in [7, 11) is 0. The topological polar surface area (TPSA) is 87.4 Å². The molecule has 0 bridgehead atoms. The first-order chi connectivity index (χ1) is 17.6. The zero-order chi connectivity index (χ0) is 26.9. The first kappa shape index (κ1) is 26.8. The van der Waals surface area contributed by atoms with Gasteiger partial charge in [0.2, 0.25) is 0 Å². The van der Waals surface area contributed by atoms with Crippen LogP contribution in [-0.4, -0.2) is 51.3 Å². The predicted molar refractivity (Wildman–Crippen MR) is 150 cm³/mol. The molecule has 0 amide bonds. The van der Waals surface area contributed by atoms with Crippen LogP contribution in [0.5, 0.6) is 11.5 Å². The number of phenolic OH excluding ortho intramolecular Hbond substituents is 2. The maximum absolute atomic E-state index is 11.6. The van der Waals surface area contributed by atoms with E-state index in [4.69, 9.17) is 0 Å². The lowest BCUT2D eigenvalue weighted by Gasteiger charge is -2.60. The van der Waals surface area contributed by atoms with Crippen molar-refractivity contribution in [3.05, 3.63) is 78.4 Å². The number of nitrogens with zero attached hydrogens (tertiary/aromatic N) is 2. The largest absolute Gasteiger partial charge is 0.507 e. The van der Waals surface area contributed by atoms with Gasteiger partial charge in [0.15, 0.2) is 0 Å². The molecule has 1 aliphatic rings. The van der Waals surface area contributed by atoms with Gasteiger partial charge in [0.25, 0.3) is 0 Å². The molecule has 4 rings (SSSR count). The summed E-state index contributed by atoms with van der Waals surface area (Å²) in [6, 6.07) is 22.5. The van der Waals surface area contributed by atoms with Crippen molar-refractivity contribution >= 4 is 17.1 Å². The summed E-state index contributed by atoms with van der Waals surface area (Å²) in [4.78, 5) is 4.09. The number of aliphatic hydroxyl groups is 2. The monoisotopic (exact) mass is 504 g/mol. The minimum atomic E-state index is -1.09. The Labute approximate surface area is 220 Å². The number of anilines is 3. The van der Waals surface area contributed by atoms with Crippen LogP contribution in [0.4, 0.5) is 17.1 Å². The summed E-state index contributed by atoms with van der Waals surface area (Å²) in [5, 5.41) is 45.3. The zero-order valence-electron chi connectivity index (χ0n) is 22.4. The van der Waals surface area contributed by atoms with E-state index in [9.17, 15) is 20.4 Å². The smallest absolute Gasteiger partial charge is 0.125 e. The maximum Gasteiger partial charge on any atom is 0.125 e. The minimum absolute atomic E-state index is 0.122. The number of rotatable bonds is 9. The highest BCUT2D eigenvalue weighted by Crippen LogP contribution is 2.56. The Morgan fingerprint density at radius 1 is 0.703 bits per heavy atom. The van der Waals surface area contributed by atoms with E-state index in [0.717, 1.165) is 30.2 Å². The third-order valence-electron chi connectivity index (χ3n) is 7.38. The van der Waals surface area contributed by atoms with Crippen LogP contribution in [0.3, 0.4) is 0 Å². The van der Waals surface area contributed by atoms with Gasteiger partial charge in [-0.2, -0.15) is 0 Å². The Balaban J connectivity index is 1.70. The van der Waals surface area contributed by atoms with Gasteiger partial charge < -0.3 is 30.2 Å². The lowest BCUT2D eigenvalue weighted by molar-refractivity contribution is -0.125. The van der Waals surface area contributed by atoms with Crippen LogP contribution in [0.25, 0.3) is 0 Å². The van der Waals surface area contributed by atoms with Crippen molar-refractivity contribution in [3.63, 3.8) is 0 Å². The quantitative estimate of drug-likeness (QED) is 0.302. The second-order valence-corrected chi connectivity index (χ2v) is 11.2. The SMILES string of the molecule is CC(C)CN(CC(C)C)c1cc(O)c(C2C(O)C(C)(N(c3ccccc3)c3ccccc3)C2O)c(O)c1. The van der Waals surface area contributed by atoms with Gasteiger partial charge in [0.1, 0.15) is 11.5 Å². The lowest BCUT2D eigenvalue weighted by atomic mass is 9.59. The number of benzene rings is 3. The summed E-state index contributed by atoms with van der Waals surface area (Å²) >= 11 is 0. The van der Waals surface area contributed by atoms with Crippen molar-refractivity contribution in [3.8, 4) is 11.5 Å². The van der Waals surface area contributed by atoms with E-state index in [1.165, 1.54) is 0 Å². The third-order valence-corrected chi connectivity index (χ3v) is 7.38. The molecule has 6 heteroatoms. The van der Waals surface area contributed by atoms with Crippen molar-refractivity contribution in [1.29, 1.82) is 0 Å². The van der Waals surface area contributed by atoms with Crippen LogP contribution < -0.4 is 9.80 Å². The van der Waals surface area contributed by atoms with E-state index >= 15 is 0 Å². The molecule has 1 saturated carbocycles. The molecule has 3 aromatic rings. The van der Waals surface area contributed by atoms with E-state index < -0.39 is 23.7 Å². The van der Waals surface area contributed by atoms with Crippen LogP contribution >= 0.6 is 0 Å². The Bertz CT molecular complexity index is 1100. The van der Waals surface area contributed by atoms with Gasteiger partial charge in [-0.15, -0.1) is 0 Å². The van der Waals surface area contributed by atoms with E-state index in [-0.39, 0.29) is 17.1 Å². The highest BCUT2D eigenvalue weighted by atomic mass is 16.3. The highest BCUT2D eigenvalue weighted by Gasteiger charge is 2.63. The fourth-order valence-corrected chi connectivity index (χ4v) is 5.70. The molecule has 0 radical (unpaired) electrons. The van der Waals surface area contributed by atoms with E-state index in [1.807, 2.05) is 72.5 Å². The Morgan fingerprint density at radius 2 is 1.11 bits per heavy atom. The second kappa shape index (κ2) is 10.6. The molecule has 2 atom stereocenters. The zero-order valence-corrected chi connectivity index (χ0v) is 22.4. The van der Waals surface area contributed by atoms with Crippen molar-refractivity contribution in [2.24, 2.45) is 11.8 Å². The number of hydrogen-bond donors (Lipinski definition) is 4. The minimum Gasteiger partial charge on any atom is -0.507 e. The normalized spacial score (nSPS) is 23.2. The van der Waals surface area contributed by atoms with Crippen LogP contribution in [0, 0.1) is 11.8 Å². The van der Waals surface area contributed by atoms with Gasteiger partial charge in [0.05, 0.1) is 17.7 Å². The van der Waals surface area contributed by atoms with Crippen LogP contribution in [0.1, 0.15) is 46.1 Å².